The Labute approximate surface area is 137 Å². The molecule has 1 heterocycles. The molecule has 5 nitrogen and oxygen atoms in total. The molecule has 1 aromatic heterocycles. The summed E-state index contributed by atoms with van der Waals surface area (Å²) in [4.78, 5) is 29.3. The SMILES string of the molecule is CCC(=O)Oc1c(C)sc(=Nc2ccc(F)cc2)n1C(=O)CC. The van der Waals surface area contributed by atoms with Gasteiger partial charge in [-0.3, -0.25) is 9.59 Å². The van der Waals surface area contributed by atoms with Crippen LogP contribution in [0.1, 0.15) is 36.4 Å². The van der Waals surface area contributed by atoms with Gasteiger partial charge in [0.25, 0.3) is 0 Å². The van der Waals surface area contributed by atoms with Gasteiger partial charge in [0, 0.05) is 12.8 Å². The van der Waals surface area contributed by atoms with E-state index in [9.17, 15) is 14.0 Å². The Morgan fingerprint density at radius 2 is 1.87 bits per heavy atom. The zero-order valence-corrected chi connectivity index (χ0v) is 13.9. The monoisotopic (exact) mass is 336 g/mol. The van der Waals surface area contributed by atoms with Crippen LogP contribution in [-0.4, -0.2) is 16.4 Å². The largest absolute Gasteiger partial charge is 0.408 e. The average Bonchev–Trinajstić information content (AvgIpc) is 2.84. The topological polar surface area (TPSA) is 60.7 Å². The van der Waals surface area contributed by atoms with Crippen LogP contribution in [-0.2, 0) is 4.79 Å². The van der Waals surface area contributed by atoms with Crippen molar-refractivity contribution in [2.24, 2.45) is 4.99 Å². The maximum absolute atomic E-state index is 13.0. The van der Waals surface area contributed by atoms with Crippen LogP contribution in [0.25, 0.3) is 0 Å². The molecule has 0 radical (unpaired) electrons. The number of esters is 1. The molecule has 0 bridgehead atoms. The zero-order valence-electron chi connectivity index (χ0n) is 13.1. The minimum Gasteiger partial charge on any atom is -0.408 e. The predicted molar refractivity (Wildman–Crippen MR) is 85.5 cm³/mol. The third-order valence-corrected chi connectivity index (χ3v) is 3.98. The van der Waals surface area contributed by atoms with Gasteiger partial charge in [0.1, 0.15) is 5.82 Å². The minimum absolute atomic E-state index is 0.203. The van der Waals surface area contributed by atoms with Crippen molar-refractivity contribution in [2.45, 2.75) is 33.6 Å². The summed E-state index contributed by atoms with van der Waals surface area (Å²) in [6.07, 6.45) is 0.448. The Hall–Kier alpha value is -2.28. The molecule has 0 aliphatic carbocycles. The number of carbonyl (C=O) groups excluding carboxylic acids is 2. The zero-order chi connectivity index (χ0) is 17.0. The van der Waals surface area contributed by atoms with E-state index in [0.717, 1.165) is 0 Å². The summed E-state index contributed by atoms with van der Waals surface area (Å²) >= 11 is 1.24. The first kappa shape index (κ1) is 17.1. The first-order chi connectivity index (χ1) is 11.0. The van der Waals surface area contributed by atoms with Gasteiger partial charge in [-0.25, -0.2) is 13.9 Å². The Morgan fingerprint density at radius 3 is 2.43 bits per heavy atom. The van der Waals surface area contributed by atoms with Gasteiger partial charge in [-0.1, -0.05) is 25.2 Å². The Balaban J connectivity index is 2.59. The molecular formula is C16H17FN2O3S. The number of ether oxygens (including phenoxy) is 1. The van der Waals surface area contributed by atoms with Crippen LogP contribution in [0.2, 0.25) is 0 Å². The van der Waals surface area contributed by atoms with Crippen molar-refractivity contribution in [1.82, 2.24) is 4.57 Å². The molecule has 2 aromatic rings. The molecule has 0 spiro atoms. The Morgan fingerprint density at radius 1 is 1.22 bits per heavy atom. The molecule has 0 aliphatic rings. The summed E-state index contributed by atoms with van der Waals surface area (Å²) in [7, 11) is 0. The molecule has 0 saturated carbocycles. The van der Waals surface area contributed by atoms with Crippen molar-refractivity contribution >= 4 is 28.9 Å². The fourth-order valence-corrected chi connectivity index (χ4v) is 2.77. The fraction of sp³-hybridized carbons (Fsp3) is 0.312. The first-order valence-electron chi connectivity index (χ1n) is 7.22. The fourth-order valence-electron chi connectivity index (χ4n) is 1.84. The lowest BCUT2D eigenvalue weighted by molar-refractivity contribution is -0.134. The molecule has 23 heavy (non-hydrogen) atoms. The molecule has 1 aromatic carbocycles. The van der Waals surface area contributed by atoms with Crippen molar-refractivity contribution < 1.29 is 18.7 Å². The third kappa shape index (κ3) is 3.92. The molecule has 0 saturated heterocycles. The lowest BCUT2D eigenvalue weighted by Crippen LogP contribution is -2.24. The highest BCUT2D eigenvalue weighted by atomic mass is 32.1. The molecule has 7 heteroatoms. The van der Waals surface area contributed by atoms with Crippen LogP contribution in [0.15, 0.2) is 29.3 Å². The van der Waals surface area contributed by atoms with E-state index >= 15 is 0 Å². The third-order valence-electron chi connectivity index (χ3n) is 3.04. The van der Waals surface area contributed by atoms with Crippen LogP contribution < -0.4 is 9.54 Å². The van der Waals surface area contributed by atoms with Gasteiger partial charge in [0.05, 0.1) is 10.6 Å². The second-order valence-electron chi connectivity index (χ2n) is 4.74. The van der Waals surface area contributed by atoms with Crippen molar-refractivity contribution in [3.63, 3.8) is 0 Å². The van der Waals surface area contributed by atoms with E-state index in [2.05, 4.69) is 4.99 Å². The van der Waals surface area contributed by atoms with Crippen molar-refractivity contribution in [3.05, 3.63) is 39.8 Å². The maximum atomic E-state index is 13.0. The summed E-state index contributed by atoms with van der Waals surface area (Å²) < 4.78 is 19.6. The molecule has 0 amide bonds. The Kier molecular flexibility index (Phi) is 5.44. The van der Waals surface area contributed by atoms with E-state index in [1.807, 2.05) is 0 Å². The number of aromatic nitrogens is 1. The van der Waals surface area contributed by atoms with E-state index in [4.69, 9.17) is 4.74 Å². The van der Waals surface area contributed by atoms with Crippen LogP contribution in [0.5, 0.6) is 5.88 Å². The van der Waals surface area contributed by atoms with Crippen LogP contribution in [0.3, 0.4) is 0 Å². The summed E-state index contributed by atoms with van der Waals surface area (Å²) in [5.41, 5.74) is 0.513. The lowest BCUT2D eigenvalue weighted by atomic mass is 10.3. The van der Waals surface area contributed by atoms with E-state index in [1.54, 1.807) is 20.8 Å². The van der Waals surface area contributed by atoms with E-state index in [1.165, 1.54) is 40.2 Å². The summed E-state index contributed by atoms with van der Waals surface area (Å²) in [6.45, 7) is 5.15. The molecule has 0 N–H and O–H groups in total. The lowest BCUT2D eigenvalue weighted by Gasteiger charge is -2.07. The van der Waals surface area contributed by atoms with Crippen molar-refractivity contribution in [1.29, 1.82) is 0 Å². The van der Waals surface area contributed by atoms with E-state index in [0.29, 0.717) is 15.4 Å². The predicted octanol–water partition coefficient (Wildman–Crippen LogP) is 3.60. The van der Waals surface area contributed by atoms with Gasteiger partial charge in [0.15, 0.2) is 4.80 Å². The number of benzene rings is 1. The van der Waals surface area contributed by atoms with Gasteiger partial charge in [0.2, 0.25) is 11.8 Å². The van der Waals surface area contributed by atoms with Crippen molar-refractivity contribution in [2.75, 3.05) is 0 Å². The van der Waals surface area contributed by atoms with Gasteiger partial charge in [-0.15, -0.1) is 0 Å². The first-order valence-corrected chi connectivity index (χ1v) is 8.04. The molecule has 0 unspecified atom stereocenters. The van der Waals surface area contributed by atoms with Crippen LogP contribution in [0.4, 0.5) is 10.1 Å². The summed E-state index contributed by atoms with van der Waals surface area (Å²) in [5, 5.41) is 0. The number of aryl methyl sites for hydroxylation is 1. The van der Waals surface area contributed by atoms with E-state index in [-0.39, 0.29) is 30.4 Å². The normalized spacial score (nSPS) is 11.6. The number of nitrogens with zero attached hydrogens (tertiary/aromatic N) is 2. The number of halogens is 1. The quantitative estimate of drug-likeness (QED) is 0.802. The number of thiazole rings is 1. The highest BCUT2D eigenvalue weighted by Gasteiger charge is 2.19. The Bertz CT molecular complexity index is 791. The number of rotatable bonds is 4. The minimum atomic E-state index is -0.420. The second kappa shape index (κ2) is 7.32. The molecule has 0 aliphatic heterocycles. The smallest absolute Gasteiger partial charge is 0.312 e. The highest BCUT2D eigenvalue weighted by Crippen LogP contribution is 2.22. The van der Waals surface area contributed by atoms with Gasteiger partial charge >= 0.3 is 5.97 Å². The number of hydrogen-bond acceptors (Lipinski definition) is 5. The molecule has 2 rings (SSSR count). The highest BCUT2D eigenvalue weighted by molar-refractivity contribution is 7.09. The van der Waals surface area contributed by atoms with Gasteiger partial charge in [-0.05, 0) is 31.2 Å². The standard InChI is InChI=1S/C16H17FN2O3S/c1-4-13(20)19-15(22-14(21)5-2)10(3)23-16(19)18-12-8-6-11(17)7-9-12/h6-9H,4-5H2,1-3H3. The van der Waals surface area contributed by atoms with Crippen LogP contribution >= 0.6 is 11.3 Å². The summed E-state index contributed by atoms with van der Waals surface area (Å²) in [6, 6.07) is 5.62. The molecule has 122 valence electrons. The van der Waals surface area contributed by atoms with Gasteiger partial charge in [-0.2, -0.15) is 0 Å². The van der Waals surface area contributed by atoms with Gasteiger partial charge < -0.3 is 4.74 Å². The van der Waals surface area contributed by atoms with Crippen LogP contribution in [0, 0.1) is 12.7 Å². The van der Waals surface area contributed by atoms with E-state index < -0.39 is 5.97 Å². The van der Waals surface area contributed by atoms with Crippen molar-refractivity contribution in [3.8, 4) is 5.88 Å². The molecule has 0 atom stereocenters. The molecular weight excluding hydrogens is 319 g/mol. The second-order valence-corrected chi connectivity index (χ2v) is 5.93. The summed E-state index contributed by atoms with van der Waals surface area (Å²) in [5.74, 6) is -0.804. The maximum Gasteiger partial charge on any atom is 0.312 e. The molecule has 0 fully saturated rings. The number of hydrogen-bond donors (Lipinski definition) is 0. The average molecular weight is 336 g/mol. The number of carbonyl (C=O) groups is 2.